The van der Waals surface area contributed by atoms with Crippen molar-refractivity contribution in [2.24, 2.45) is 5.92 Å². The summed E-state index contributed by atoms with van der Waals surface area (Å²) in [5, 5.41) is 11.3. The molecule has 1 aliphatic heterocycles. The fraction of sp³-hybridized carbons (Fsp3) is 0.471. The second kappa shape index (κ2) is 7.70. The number of rotatable bonds is 5. The number of fused-ring (bicyclic) bond motifs is 1. The van der Waals surface area contributed by atoms with Gasteiger partial charge in [-0.1, -0.05) is 38.1 Å². The fourth-order valence-corrected chi connectivity index (χ4v) is 2.77. The number of benzene rings is 1. The minimum absolute atomic E-state index is 0.0247. The predicted octanol–water partition coefficient (Wildman–Crippen LogP) is 1.10. The molecule has 2 amide bonds. The van der Waals surface area contributed by atoms with Crippen molar-refractivity contribution in [1.82, 2.24) is 10.2 Å². The average Bonchev–Trinajstić information content (AvgIpc) is 2.64. The highest BCUT2D eigenvalue weighted by atomic mass is 32.1. The number of carbonyl (C=O) groups is 3. The van der Waals surface area contributed by atoms with Crippen LogP contribution >= 0.6 is 12.6 Å². The van der Waals surface area contributed by atoms with E-state index in [2.05, 4.69) is 17.9 Å². The van der Waals surface area contributed by atoms with Crippen molar-refractivity contribution in [2.75, 3.05) is 6.54 Å². The second-order valence-electron chi connectivity index (χ2n) is 6.31. The molecule has 130 valence electrons. The van der Waals surface area contributed by atoms with Crippen molar-refractivity contribution < 1.29 is 19.5 Å². The minimum atomic E-state index is -1.08. The topological polar surface area (TPSA) is 86.7 Å². The molecule has 1 aromatic carbocycles. The zero-order chi connectivity index (χ0) is 17.9. The van der Waals surface area contributed by atoms with Crippen molar-refractivity contribution in [2.45, 2.75) is 38.1 Å². The number of amides is 2. The molecule has 0 saturated heterocycles. The first-order chi connectivity index (χ1) is 11.3. The lowest BCUT2D eigenvalue weighted by atomic mass is 10.0. The normalized spacial score (nSPS) is 18.8. The van der Waals surface area contributed by atoms with Gasteiger partial charge in [-0.3, -0.25) is 14.4 Å². The third kappa shape index (κ3) is 4.29. The van der Waals surface area contributed by atoms with E-state index in [1.54, 1.807) is 0 Å². The van der Waals surface area contributed by atoms with E-state index in [-0.39, 0.29) is 24.3 Å². The van der Waals surface area contributed by atoms with Crippen LogP contribution in [0.15, 0.2) is 24.3 Å². The molecule has 0 aliphatic carbocycles. The molecular formula is C17H22N2O4S. The molecule has 0 radical (unpaired) electrons. The van der Waals surface area contributed by atoms with Crippen molar-refractivity contribution >= 4 is 30.4 Å². The van der Waals surface area contributed by atoms with Gasteiger partial charge in [-0.2, -0.15) is 12.6 Å². The molecule has 1 heterocycles. The lowest BCUT2D eigenvalue weighted by Gasteiger charge is -2.25. The summed E-state index contributed by atoms with van der Waals surface area (Å²) >= 11 is 4.28. The fourth-order valence-electron chi connectivity index (χ4n) is 2.69. The van der Waals surface area contributed by atoms with Crippen LogP contribution in [-0.2, 0) is 27.3 Å². The van der Waals surface area contributed by atoms with Crippen LogP contribution in [0.3, 0.4) is 0 Å². The van der Waals surface area contributed by atoms with Crippen molar-refractivity contribution in [3.05, 3.63) is 35.4 Å². The van der Waals surface area contributed by atoms with Gasteiger partial charge in [0.15, 0.2) is 0 Å². The number of hydrogen-bond donors (Lipinski definition) is 3. The maximum absolute atomic E-state index is 12.7. The van der Waals surface area contributed by atoms with Gasteiger partial charge in [-0.15, -0.1) is 0 Å². The number of carbonyl (C=O) groups excluding carboxylic acids is 2. The zero-order valence-corrected chi connectivity index (χ0v) is 14.6. The number of nitrogens with one attached hydrogen (secondary N) is 1. The Labute approximate surface area is 146 Å². The van der Waals surface area contributed by atoms with Crippen LogP contribution in [0, 0.1) is 5.92 Å². The summed E-state index contributed by atoms with van der Waals surface area (Å²) in [7, 11) is 0. The Kier molecular flexibility index (Phi) is 5.88. The molecule has 2 rings (SSSR count). The molecule has 0 aromatic heterocycles. The van der Waals surface area contributed by atoms with Crippen LogP contribution in [0.2, 0.25) is 0 Å². The SMILES string of the molecule is CC(C)[C@H](S)C(=O)NC1Cc2ccccc2CN(CC(=O)O)C1=O. The third-order valence-electron chi connectivity index (χ3n) is 4.06. The molecule has 0 saturated carbocycles. The van der Waals surface area contributed by atoms with Gasteiger partial charge in [0, 0.05) is 13.0 Å². The summed E-state index contributed by atoms with van der Waals surface area (Å²) in [5.41, 5.74) is 1.83. The van der Waals surface area contributed by atoms with Crippen LogP contribution in [0.4, 0.5) is 0 Å². The molecule has 0 fully saturated rings. The predicted molar refractivity (Wildman–Crippen MR) is 92.7 cm³/mol. The van der Waals surface area contributed by atoms with Crippen LogP contribution in [0.5, 0.6) is 0 Å². The van der Waals surface area contributed by atoms with Crippen LogP contribution in [0.1, 0.15) is 25.0 Å². The van der Waals surface area contributed by atoms with E-state index in [0.29, 0.717) is 6.42 Å². The number of carboxylic acid groups (broad SMARTS) is 1. The summed E-state index contributed by atoms with van der Waals surface area (Å²) in [6.45, 7) is 3.58. The maximum Gasteiger partial charge on any atom is 0.323 e. The second-order valence-corrected chi connectivity index (χ2v) is 6.87. The Balaban J connectivity index is 2.27. The molecular weight excluding hydrogens is 328 g/mol. The molecule has 0 spiro atoms. The molecule has 1 aliphatic rings. The lowest BCUT2D eigenvalue weighted by Crippen LogP contribution is -2.51. The van der Waals surface area contributed by atoms with Gasteiger partial charge in [-0.25, -0.2) is 0 Å². The minimum Gasteiger partial charge on any atom is -0.480 e. The van der Waals surface area contributed by atoms with Crippen LogP contribution < -0.4 is 5.32 Å². The largest absolute Gasteiger partial charge is 0.480 e. The number of thiol groups is 1. The van der Waals surface area contributed by atoms with E-state index in [0.717, 1.165) is 11.1 Å². The van der Waals surface area contributed by atoms with Crippen molar-refractivity contribution in [3.63, 3.8) is 0 Å². The Morgan fingerprint density at radius 3 is 2.54 bits per heavy atom. The number of hydrogen-bond acceptors (Lipinski definition) is 4. The van der Waals surface area contributed by atoms with Gasteiger partial charge in [-0.05, 0) is 17.0 Å². The van der Waals surface area contributed by atoms with Crippen LogP contribution in [-0.4, -0.2) is 45.6 Å². The van der Waals surface area contributed by atoms with E-state index in [1.165, 1.54) is 4.90 Å². The van der Waals surface area contributed by atoms with E-state index in [4.69, 9.17) is 5.11 Å². The number of carboxylic acids is 1. The standard InChI is InChI=1S/C17H22N2O4S/c1-10(2)15(24)16(22)18-13-7-11-5-3-4-6-12(11)8-19(17(13)23)9-14(20)21/h3-6,10,13,15,24H,7-9H2,1-2H3,(H,18,22)(H,20,21)/t13?,15-/m0/s1. The Morgan fingerprint density at radius 1 is 1.33 bits per heavy atom. The van der Waals surface area contributed by atoms with Gasteiger partial charge < -0.3 is 15.3 Å². The lowest BCUT2D eigenvalue weighted by molar-refractivity contribution is -0.146. The summed E-state index contributed by atoms with van der Waals surface area (Å²) < 4.78 is 0. The molecule has 1 unspecified atom stereocenters. The monoisotopic (exact) mass is 350 g/mol. The number of aliphatic carboxylic acids is 1. The van der Waals surface area contributed by atoms with Gasteiger partial charge in [0.25, 0.3) is 0 Å². The first-order valence-electron chi connectivity index (χ1n) is 7.85. The van der Waals surface area contributed by atoms with Gasteiger partial charge in [0.2, 0.25) is 11.8 Å². The zero-order valence-electron chi connectivity index (χ0n) is 13.7. The molecule has 2 N–H and O–H groups in total. The summed E-state index contributed by atoms with van der Waals surface area (Å²) in [5.74, 6) is -1.76. The van der Waals surface area contributed by atoms with E-state index in [9.17, 15) is 14.4 Å². The van der Waals surface area contributed by atoms with Crippen molar-refractivity contribution in [1.29, 1.82) is 0 Å². The third-order valence-corrected chi connectivity index (χ3v) is 4.89. The van der Waals surface area contributed by atoms with Crippen LogP contribution in [0.25, 0.3) is 0 Å². The average molecular weight is 350 g/mol. The van der Waals surface area contributed by atoms with E-state index >= 15 is 0 Å². The highest BCUT2D eigenvalue weighted by Crippen LogP contribution is 2.20. The first-order valence-corrected chi connectivity index (χ1v) is 8.37. The molecule has 2 atom stereocenters. The first kappa shape index (κ1) is 18.3. The summed E-state index contributed by atoms with van der Waals surface area (Å²) in [6.07, 6.45) is 0.343. The van der Waals surface area contributed by atoms with Gasteiger partial charge >= 0.3 is 5.97 Å². The smallest absolute Gasteiger partial charge is 0.323 e. The molecule has 1 aromatic rings. The van der Waals surface area contributed by atoms with Crippen molar-refractivity contribution in [3.8, 4) is 0 Å². The Morgan fingerprint density at radius 2 is 1.96 bits per heavy atom. The van der Waals surface area contributed by atoms with Gasteiger partial charge in [0.1, 0.15) is 12.6 Å². The molecule has 6 nitrogen and oxygen atoms in total. The van der Waals surface area contributed by atoms with E-state index < -0.39 is 23.8 Å². The molecule has 24 heavy (non-hydrogen) atoms. The Bertz CT molecular complexity index is 647. The molecule has 7 heteroatoms. The Hall–Kier alpha value is -2.02. The number of nitrogens with zero attached hydrogens (tertiary/aromatic N) is 1. The maximum atomic E-state index is 12.7. The highest BCUT2D eigenvalue weighted by molar-refractivity contribution is 7.81. The quantitative estimate of drug-likeness (QED) is 0.694. The summed E-state index contributed by atoms with van der Waals surface area (Å²) in [4.78, 5) is 37.3. The summed E-state index contributed by atoms with van der Waals surface area (Å²) in [6, 6.07) is 6.70. The van der Waals surface area contributed by atoms with E-state index in [1.807, 2.05) is 38.1 Å². The van der Waals surface area contributed by atoms with Gasteiger partial charge in [0.05, 0.1) is 5.25 Å². The molecule has 0 bridgehead atoms. The highest BCUT2D eigenvalue weighted by Gasteiger charge is 2.33.